The maximum atomic E-state index is 12.8. The summed E-state index contributed by atoms with van der Waals surface area (Å²) in [6.07, 6.45) is 0.432. The van der Waals surface area contributed by atoms with Crippen LogP contribution in [-0.4, -0.2) is 55.4 Å². The van der Waals surface area contributed by atoms with Crippen molar-refractivity contribution in [3.05, 3.63) is 59.2 Å². The number of benzene rings is 2. The van der Waals surface area contributed by atoms with Crippen LogP contribution in [0.5, 0.6) is 11.5 Å². The Balaban J connectivity index is 1.52. The van der Waals surface area contributed by atoms with Crippen LogP contribution >= 0.6 is 0 Å². The van der Waals surface area contributed by atoms with Crippen molar-refractivity contribution in [1.29, 1.82) is 0 Å². The van der Waals surface area contributed by atoms with E-state index in [9.17, 15) is 18.3 Å². The van der Waals surface area contributed by atoms with E-state index < -0.39 is 17.3 Å². The van der Waals surface area contributed by atoms with E-state index in [2.05, 4.69) is 10.2 Å². The molecule has 8 heteroatoms. The number of aliphatic hydroxyl groups is 1. The van der Waals surface area contributed by atoms with Gasteiger partial charge in [-0.05, 0) is 48.2 Å². The summed E-state index contributed by atoms with van der Waals surface area (Å²) in [5.41, 5.74) is 0.222. The maximum absolute atomic E-state index is 12.8. The zero-order chi connectivity index (χ0) is 24.9. The molecule has 1 aliphatic carbocycles. The van der Waals surface area contributed by atoms with Gasteiger partial charge in [0.15, 0.2) is 11.5 Å². The quantitative estimate of drug-likeness (QED) is 0.545. The minimum atomic E-state index is -4.36. The fourth-order valence-corrected chi connectivity index (χ4v) is 5.22. The highest BCUT2D eigenvalue weighted by atomic mass is 19.4. The molecule has 0 spiro atoms. The Morgan fingerprint density at radius 2 is 1.69 bits per heavy atom. The highest BCUT2D eigenvalue weighted by Crippen LogP contribution is 2.42. The van der Waals surface area contributed by atoms with E-state index in [0.717, 1.165) is 82.5 Å². The van der Waals surface area contributed by atoms with E-state index in [1.807, 2.05) is 18.2 Å². The predicted octanol–water partition coefficient (Wildman–Crippen LogP) is 4.98. The molecule has 1 saturated carbocycles. The number of hydrogen-bond donors (Lipinski definition) is 2. The van der Waals surface area contributed by atoms with Crippen LogP contribution in [0.25, 0.3) is 0 Å². The number of methoxy groups -OCH3 is 1. The second-order valence-corrected chi connectivity index (χ2v) is 9.66. The first-order valence-electron chi connectivity index (χ1n) is 12.4. The maximum Gasteiger partial charge on any atom is 0.416 e. The van der Waals surface area contributed by atoms with Crippen LogP contribution in [0.4, 0.5) is 13.2 Å². The average Bonchev–Trinajstić information content (AvgIpc) is 2.87. The van der Waals surface area contributed by atoms with Crippen LogP contribution in [0, 0.1) is 0 Å². The molecule has 0 bridgehead atoms. The van der Waals surface area contributed by atoms with Gasteiger partial charge in [0, 0.05) is 38.6 Å². The third-order valence-corrected chi connectivity index (χ3v) is 7.28. The first-order valence-corrected chi connectivity index (χ1v) is 12.4. The minimum Gasteiger partial charge on any atom is -0.493 e. The Labute approximate surface area is 205 Å². The summed E-state index contributed by atoms with van der Waals surface area (Å²) in [6, 6.07) is 10.7. The van der Waals surface area contributed by atoms with Crippen molar-refractivity contribution >= 4 is 0 Å². The molecule has 0 radical (unpaired) electrons. The molecule has 2 aromatic rings. The molecule has 1 aliphatic heterocycles. The van der Waals surface area contributed by atoms with Crippen LogP contribution in [-0.2, 0) is 12.8 Å². The molecule has 1 atom stereocenters. The third kappa shape index (κ3) is 6.48. The van der Waals surface area contributed by atoms with Crippen LogP contribution < -0.4 is 14.8 Å². The van der Waals surface area contributed by atoms with E-state index in [0.29, 0.717) is 17.1 Å². The lowest BCUT2D eigenvalue weighted by molar-refractivity contribution is -0.137. The Morgan fingerprint density at radius 3 is 2.31 bits per heavy atom. The summed E-state index contributed by atoms with van der Waals surface area (Å²) < 4.78 is 50.0. The lowest BCUT2D eigenvalue weighted by atomic mass is 9.72. The van der Waals surface area contributed by atoms with Gasteiger partial charge in [0.05, 0.1) is 18.3 Å². The van der Waals surface area contributed by atoms with Crippen molar-refractivity contribution in [3.8, 4) is 11.5 Å². The molecule has 2 fully saturated rings. The standard InChI is InChI=1S/C27H35F3N2O3/c1-34-25-17-21(7-10-24(25)35-19-20-5-8-22(9-6-20)27(28,29)30)23(18-32-15-13-31-14-16-32)26(33)11-3-2-4-12-26/h5-10,17,23,31,33H,2-4,11-16,18-19H2,1H3/t23-/m0/s1. The molecule has 0 amide bonds. The first kappa shape index (κ1) is 25.8. The van der Waals surface area contributed by atoms with Crippen molar-refractivity contribution in [3.63, 3.8) is 0 Å². The van der Waals surface area contributed by atoms with E-state index in [1.54, 1.807) is 7.11 Å². The molecule has 35 heavy (non-hydrogen) atoms. The van der Waals surface area contributed by atoms with Gasteiger partial charge in [0.25, 0.3) is 0 Å². The number of alkyl halides is 3. The largest absolute Gasteiger partial charge is 0.493 e. The van der Waals surface area contributed by atoms with E-state index in [4.69, 9.17) is 9.47 Å². The average molecular weight is 493 g/mol. The zero-order valence-electron chi connectivity index (χ0n) is 20.2. The Kier molecular flexibility index (Phi) is 8.24. The molecule has 0 unspecified atom stereocenters. The summed E-state index contributed by atoms with van der Waals surface area (Å²) in [6.45, 7) is 4.72. The monoisotopic (exact) mass is 492 g/mol. The summed E-state index contributed by atoms with van der Waals surface area (Å²) in [5.74, 6) is 1.03. The Hall–Kier alpha value is -2.29. The number of nitrogens with one attached hydrogen (secondary N) is 1. The number of rotatable bonds is 8. The topological polar surface area (TPSA) is 54.0 Å². The van der Waals surface area contributed by atoms with Gasteiger partial charge in [-0.25, -0.2) is 0 Å². The smallest absolute Gasteiger partial charge is 0.416 e. The number of ether oxygens (including phenoxy) is 2. The Morgan fingerprint density at radius 1 is 1.00 bits per heavy atom. The molecule has 2 aliphatic rings. The number of piperazine rings is 1. The van der Waals surface area contributed by atoms with E-state index in [-0.39, 0.29) is 12.5 Å². The molecule has 1 heterocycles. The molecule has 192 valence electrons. The number of halogens is 3. The minimum absolute atomic E-state index is 0.0428. The normalized spacial score (nSPS) is 19.8. The van der Waals surface area contributed by atoms with Gasteiger partial charge in [0.2, 0.25) is 0 Å². The van der Waals surface area contributed by atoms with Crippen molar-refractivity contribution in [2.75, 3.05) is 39.8 Å². The summed E-state index contributed by atoms with van der Waals surface area (Å²) in [5, 5.41) is 15.1. The molecule has 0 aromatic heterocycles. The molecule has 5 nitrogen and oxygen atoms in total. The molecule has 2 N–H and O–H groups in total. The first-order chi connectivity index (χ1) is 16.8. The van der Waals surface area contributed by atoms with Gasteiger partial charge in [-0.15, -0.1) is 0 Å². The SMILES string of the molecule is COc1cc([C@H](CN2CCNCC2)C2(O)CCCCC2)ccc1OCc1ccc(C(F)(F)F)cc1. The van der Waals surface area contributed by atoms with Crippen molar-refractivity contribution < 1.29 is 27.8 Å². The lowest BCUT2D eigenvalue weighted by Crippen LogP contribution is -2.49. The van der Waals surface area contributed by atoms with Crippen LogP contribution in [0.1, 0.15) is 54.7 Å². The predicted molar refractivity (Wildman–Crippen MR) is 129 cm³/mol. The van der Waals surface area contributed by atoms with Crippen LogP contribution in [0.15, 0.2) is 42.5 Å². The number of hydrogen-bond acceptors (Lipinski definition) is 5. The van der Waals surface area contributed by atoms with Gasteiger partial charge in [-0.2, -0.15) is 13.2 Å². The summed E-state index contributed by atoms with van der Waals surface area (Å²) in [7, 11) is 1.57. The molecular formula is C27H35F3N2O3. The summed E-state index contributed by atoms with van der Waals surface area (Å²) in [4.78, 5) is 2.41. The summed E-state index contributed by atoms with van der Waals surface area (Å²) >= 11 is 0. The van der Waals surface area contributed by atoms with E-state index in [1.165, 1.54) is 12.1 Å². The van der Waals surface area contributed by atoms with Crippen LogP contribution in [0.2, 0.25) is 0 Å². The van der Waals surface area contributed by atoms with Gasteiger partial charge in [-0.1, -0.05) is 37.5 Å². The van der Waals surface area contributed by atoms with E-state index >= 15 is 0 Å². The molecule has 2 aromatic carbocycles. The van der Waals surface area contributed by atoms with Gasteiger partial charge in [0.1, 0.15) is 6.61 Å². The fourth-order valence-electron chi connectivity index (χ4n) is 5.22. The lowest BCUT2D eigenvalue weighted by Gasteiger charge is -2.42. The highest BCUT2D eigenvalue weighted by molar-refractivity contribution is 5.45. The number of nitrogens with zero attached hydrogens (tertiary/aromatic N) is 1. The molecular weight excluding hydrogens is 457 g/mol. The fraction of sp³-hybridized carbons (Fsp3) is 0.556. The van der Waals surface area contributed by atoms with Gasteiger partial charge < -0.3 is 24.8 Å². The highest BCUT2D eigenvalue weighted by Gasteiger charge is 2.40. The Bertz CT molecular complexity index is 953. The van der Waals surface area contributed by atoms with Crippen molar-refractivity contribution in [2.45, 2.75) is 56.4 Å². The van der Waals surface area contributed by atoms with Crippen molar-refractivity contribution in [1.82, 2.24) is 10.2 Å². The third-order valence-electron chi connectivity index (χ3n) is 7.28. The van der Waals surface area contributed by atoms with Crippen molar-refractivity contribution in [2.24, 2.45) is 0 Å². The molecule has 4 rings (SSSR count). The molecule has 1 saturated heterocycles. The van der Waals surface area contributed by atoms with Gasteiger partial charge >= 0.3 is 6.18 Å². The zero-order valence-corrected chi connectivity index (χ0v) is 20.2. The second kappa shape index (κ2) is 11.2. The van der Waals surface area contributed by atoms with Gasteiger partial charge in [-0.3, -0.25) is 0 Å². The second-order valence-electron chi connectivity index (χ2n) is 9.66. The van der Waals surface area contributed by atoms with Crippen LogP contribution in [0.3, 0.4) is 0 Å².